The number of amides is 1. The Balaban J connectivity index is 1.37. The van der Waals surface area contributed by atoms with Gasteiger partial charge in [0.2, 0.25) is 10.0 Å². The molecule has 0 bridgehead atoms. The summed E-state index contributed by atoms with van der Waals surface area (Å²) in [5.74, 6) is -2.17. The van der Waals surface area contributed by atoms with Gasteiger partial charge in [-0.05, 0) is 59.5 Å². The quantitative estimate of drug-likeness (QED) is 0.286. The summed E-state index contributed by atoms with van der Waals surface area (Å²) in [6, 6.07) is 12.2. The number of sulfonamides is 1. The Hall–Kier alpha value is -3.42. The van der Waals surface area contributed by atoms with Crippen molar-refractivity contribution in [1.29, 1.82) is 0 Å². The van der Waals surface area contributed by atoms with Crippen molar-refractivity contribution in [2.45, 2.75) is 35.2 Å². The number of carbonyl (C=O) groups excluding carboxylic acids is 1. The van der Waals surface area contributed by atoms with Crippen LogP contribution in [0.5, 0.6) is 0 Å². The minimum Gasteiger partial charge on any atom is -0.480 e. The number of rotatable bonds is 8. The summed E-state index contributed by atoms with van der Waals surface area (Å²) < 4.78 is 57.2. The van der Waals surface area contributed by atoms with E-state index in [1.165, 1.54) is 47.0 Å². The molecule has 2 heterocycles. The smallest absolute Gasteiger partial charge is 0.326 e. The van der Waals surface area contributed by atoms with E-state index in [-0.39, 0.29) is 51.3 Å². The minimum atomic E-state index is -3.89. The van der Waals surface area contributed by atoms with Crippen molar-refractivity contribution in [3.05, 3.63) is 93.2 Å². The van der Waals surface area contributed by atoms with Crippen molar-refractivity contribution in [3.8, 4) is 0 Å². The Labute approximate surface area is 251 Å². The van der Waals surface area contributed by atoms with E-state index in [9.17, 15) is 31.5 Å². The van der Waals surface area contributed by atoms with E-state index in [1.54, 1.807) is 18.2 Å². The predicted molar refractivity (Wildman–Crippen MR) is 156 cm³/mol. The maximum atomic E-state index is 13.4. The number of carbonyl (C=O) groups is 2. The molecule has 14 heteroatoms. The van der Waals surface area contributed by atoms with Crippen LogP contribution in [0.3, 0.4) is 0 Å². The summed E-state index contributed by atoms with van der Waals surface area (Å²) in [5.41, 5.74) is 1.75. The van der Waals surface area contributed by atoms with Gasteiger partial charge in [-0.25, -0.2) is 21.6 Å². The van der Waals surface area contributed by atoms with Gasteiger partial charge in [0.05, 0.1) is 31.7 Å². The number of carboxylic acid groups (broad SMARTS) is 1. The molecule has 1 amide bonds. The molecule has 0 unspecified atom stereocenters. The fraction of sp³-hybridized carbons (Fsp3) is 0.214. The fourth-order valence-corrected chi connectivity index (χ4v) is 7.74. The van der Waals surface area contributed by atoms with Gasteiger partial charge < -0.3 is 14.8 Å². The van der Waals surface area contributed by atoms with Gasteiger partial charge >= 0.3 is 5.97 Å². The highest BCUT2D eigenvalue weighted by atomic mass is 35.5. The zero-order valence-corrected chi connectivity index (χ0v) is 25.1. The lowest BCUT2D eigenvalue weighted by atomic mass is 9.97. The molecule has 0 aliphatic carbocycles. The molecule has 5 rings (SSSR count). The van der Waals surface area contributed by atoms with Gasteiger partial charge in [-0.3, -0.25) is 4.79 Å². The van der Waals surface area contributed by atoms with E-state index in [4.69, 9.17) is 27.6 Å². The second-order valence-corrected chi connectivity index (χ2v) is 14.6. The Morgan fingerprint density at radius 3 is 2.52 bits per heavy atom. The zero-order valence-electron chi connectivity index (χ0n) is 22.0. The number of sulfone groups is 1. The third-order valence-corrected chi connectivity index (χ3v) is 10.7. The second kappa shape index (κ2) is 11.3. The van der Waals surface area contributed by atoms with Crippen LogP contribution in [0.1, 0.15) is 27.0 Å². The van der Waals surface area contributed by atoms with Crippen LogP contribution in [0.15, 0.2) is 75.1 Å². The van der Waals surface area contributed by atoms with Gasteiger partial charge in [-0.1, -0.05) is 35.3 Å². The molecule has 0 fully saturated rings. The highest BCUT2D eigenvalue weighted by molar-refractivity contribution is 7.90. The van der Waals surface area contributed by atoms with Crippen molar-refractivity contribution in [2.24, 2.45) is 0 Å². The number of carboxylic acids is 1. The molecular weight excluding hydrogens is 627 g/mol. The standard InChI is InChI=1S/C28H24Cl2N2O8S2/c1-41(36,37)19-4-2-3-16(11-19)12-23(28(34)35)31-27(33)25-22(29)13-18-15-32(9-7-21(18)26(25)30)42(38,39)20-6-5-17-8-10-40-24(17)14-20/h2-6,8,10-11,13-14,23H,7,9,12,15H2,1H3,(H,31,33)(H,34,35)/t23-/m0/s1. The highest BCUT2D eigenvalue weighted by Crippen LogP contribution is 2.36. The summed E-state index contributed by atoms with van der Waals surface area (Å²) >= 11 is 13.1. The maximum absolute atomic E-state index is 13.4. The molecule has 2 N–H and O–H groups in total. The monoisotopic (exact) mass is 650 g/mol. The van der Waals surface area contributed by atoms with Gasteiger partial charge in [0.1, 0.15) is 11.6 Å². The summed E-state index contributed by atoms with van der Waals surface area (Å²) in [6.07, 6.45) is 2.51. The minimum absolute atomic E-state index is 0.00673. The number of halogens is 2. The van der Waals surface area contributed by atoms with E-state index in [1.807, 2.05) is 0 Å². The molecule has 1 atom stereocenters. The van der Waals surface area contributed by atoms with Crippen molar-refractivity contribution < 1.29 is 35.9 Å². The first kappa shape index (κ1) is 30.1. The van der Waals surface area contributed by atoms with Crippen molar-refractivity contribution in [3.63, 3.8) is 0 Å². The van der Waals surface area contributed by atoms with E-state index in [2.05, 4.69) is 5.32 Å². The molecule has 0 radical (unpaired) electrons. The van der Waals surface area contributed by atoms with Crippen LogP contribution in [-0.2, 0) is 44.0 Å². The SMILES string of the molecule is CS(=O)(=O)c1cccc(C[C@H](NC(=O)c2c(Cl)cc3c(c2Cl)CCN(S(=O)(=O)c2ccc4ccoc4c2)C3)C(=O)O)c1. The van der Waals surface area contributed by atoms with Crippen LogP contribution in [0, 0.1) is 0 Å². The first-order valence-electron chi connectivity index (χ1n) is 12.6. The molecule has 0 saturated carbocycles. The van der Waals surface area contributed by atoms with E-state index >= 15 is 0 Å². The number of fused-ring (bicyclic) bond motifs is 2. The fourth-order valence-electron chi connectivity index (χ4n) is 4.85. The molecule has 1 aliphatic heterocycles. The van der Waals surface area contributed by atoms with Crippen molar-refractivity contribution >= 4 is 65.9 Å². The molecule has 1 aliphatic rings. The number of benzene rings is 3. The molecular formula is C28H24Cl2N2O8S2. The summed E-state index contributed by atoms with van der Waals surface area (Å²) in [6.45, 7) is 0.0476. The lowest BCUT2D eigenvalue weighted by Crippen LogP contribution is -2.42. The predicted octanol–water partition coefficient (Wildman–Crippen LogP) is 4.32. The zero-order chi connectivity index (χ0) is 30.4. The Morgan fingerprint density at radius 2 is 1.81 bits per heavy atom. The highest BCUT2D eigenvalue weighted by Gasteiger charge is 2.33. The molecule has 220 valence electrons. The molecule has 0 saturated heterocycles. The van der Waals surface area contributed by atoms with Gasteiger partial charge in [0, 0.05) is 37.2 Å². The lowest BCUT2D eigenvalue weighted by Gasteiger charge is -2.29. The number of hydrogen-bond acceptors (Lipinski definition) is 7. The van der Waals surface area contributed by atoms with Crippen LogP contribution < -0.4 is 5.32 Å². The third kappa shape index (κ3) is 5.90. The Bertz CT molecular complexity index is 1960. The molecule has 3 aromatic carbocycles. The largest absolute Gasteiger partial charge is 0.480 e. The van der Waals surface area contributed by atoms with Gasteiger partial charge in [-0.15, -0.1) is 0 Å². The first-order valence-corrected chi connectivity index (χ1v) is 16.6. The Morgan fingerprint density at radius 1 is 1.05 bits per heavy atom. The van der Waals surface area contributed by atoms with Crippen molar-refractivity contribution in [1.82, 2.24) is 9.62 Å². The molecule has 4 aromatic rings. The lowest BCUT2D eigenvalue weighted by molar-refractivity contribution is -0.139. The number of hydrogen-bond donors (Lipinski definition) is 2. The topological polar surface area (TPSA) is 151 Å². The normalized spacial score (nSPS) is 14.8. The summed E-state index contributed by atoms with van der Waals surface area (Å²) in [4.78, 5) is 25.3. The maximum Gasteiger partial charge on any atom is 0.326 e. The van der Waals surface area contributed by atoms with Crippen LogP contribution in [0.2, 0.25) is 10.0 Å². The van der Waals surface area contributed by atoms with Crippen molar-refractivity contribution in [2.75, 3.05) is 12.8 Å². The number of furan rings is 1. The van der Waals surface area contributed by atoms with Crippen LogP contribution >= 0.6 is 23.2 Å². The van der Waals surface area contributed by atoms with E-state index in [0.29, 0.717) is 22.3 Å². The van der Waals surface area contributed by atoms with E-state index < -0.39 is 37.8 Å². The Kier molecular flexibility index (Phi) is 8.12. The van der Waals surface area contributed by atoms with Gasteiger partial charge in [0.15, 0.2) is 9.84 Å². The second-order valence-electron chi connectivity index (χ2n) is 9.88. The number of aliphatic carboxylic acids is 1. The van der Waals surface area contributed by atoms with Gasteiger partial charge in [0.25, 0.3) is 5.91 Å². The van der Waals surface area contributed by atoms with E-state index in [0.717, 1.165) is 11.6 Å². The molecule has 42 heavy (non-hydrogen) atoms. The van der Waals surface area contributed by atoms with Crippen LogP contribution in [0.4, 0.5) is 0 Å². The molecule has 0 spiro atoms. The summed E-state index contributed by atoms with van der Waals surface area (Å²) in [5, 5.41) is 12.9. The van der Waals surface area contributed by atoms with Gasteiger partial charge in [-0.2, -0.15) is 4.31 Å². The number of nitrogens with zero attached hydrogens (tertiary/aromatic N) is 1. The molecule has 1 aromatic heterocycles. The average Bonchev–Trinajstić information content (AvgIpc) is 3.40. The first-order chi connectivity index (χ1) is 19.8. The van der Waals surface area contributed by atoms with Crippen LogP contribution in [0.25, 0.3) is 11.0 Å². The molecule has 10 nitrogen and oxygen atoms in total. The number of nitrogens with one attached hydrogen (secondary N) is 1. The average molecular weight is 652 g/mol. The summed E-state index contributed by atoms with van der Waals surface area (Å²) in [7, 11) is -7.41. The van der Waals surface area contributed by atoms with Crippen LogP contribution in [-0.4, -0.2) is 57.0 Å². The third-order valence-electron chi connectivity index (χ3n) is 7.03.